The van der Waals surface area contributed by atoms with Crippen LogP contribution < -0.4 is 5.32 Å². The minimum absolute atomic E-state index is 0.173. The third kappa shape index (κ3) is 4.70. The fourth-order valence-corrected chi connectivity index (χ4v) is 4.52. The molecule has 2 heterocycles. The number of aromatic nitrogens is 2. The number of urea groups is 1. The zero-order chi connectivity index (χ0) is 24.5. The lowest BCUT2D eigenvalue weighted by molar-refractivity contribution is 0.203. The smallest absolute Gasteiger partial charge is 0.322 e. The lowest BCUT2D eigenvalue weighted by Gasteiger charge is -2.35. The van der Waals surface area contributed by atoms with Crippen LogP contribution >= 0.6 is 11.6 Å². The van der Waals surface area contributed by atoms with Crippen LogP contribution in [0.1, 0.15) is 41.1 Å². The highest BCUT2D eigenvalue weighted by atomic mass is 35.5. The number of allylic oxidation sites excluding steroid dienone is 1. The Bertz CT molecular complexity index is 1420. The molecule has 0 saturated heterocycles. The van der Waals surface area contributed by atoms with Gasteiger partial charge < -0.3 is 9.84 Å². The molecule has 1 unspecified atom stereocenters. The second-order valence-corrected chi connectivity index (χ2v) is 9.24. The van der Waals surface area contributed by atoms with E-state index in [9.17, 15) is 4.79 Å². The molecule has 0 fully saturated rings. The van der Waals surface area contributed by atoms with Gasteiger partial charge in [0.2, 0.25) is 5.82 Å². The molecule has 1 aliphatic heterocycles. The average Bonchev–Trinajstić information content (AvgIpc) is 3.32. The van der Waals surface area contributed by atoms with Gasteiger partial charge in [0.25, 0.3) is 5.89 Å². The molecule has 2 amide bonds. The molecule has 5 rings (SSSR count). The summed E-state index contributed by atoms with van der Waals surface area (Å²) in [6.07, 6.45) is 0. The fraction of sp³-hybridized carbons (Fsp3) is 0.179. The lowest BCUT2D eigenvalue weighted by Crippen LogP contribution is -2.45. The number of carbonyl (C=O) groups excluding carboxylic acids is 1. The van der Waals surface area contributed by atoms with E-state index < -0.39 is 6.04 Å². The van der Waals surface area contributed by atoms with Gasteiger partial charge in [-0.05, 0) is 44.0 Å². The Morgan fingerprint density at radius 3 is 2.49 bits per heavy atom. The lowest BCUT2D eigenvalue weighted by atomic mass is 9.94. The molecule has 6 nitrogen and oxygen atoms in total. The molecular formula is C28H25ClN4O2. The summed E-state index contributed by atoms with van der Waals surface area (Å²) in [5.41, 5.74) is 6.55. The Morgan fingerprint density at radius 2 is 1.74 bits per heavy atom. The van der Waals surface area contributed by atoms with Gasteiger partial charge in [0.15, 0.2) is 0 Å². The number of hydrogen-bond donors (Lipinski definition) is 1. The highest BCUT2D eigenvalue weighted by Gasteiger charge is 2.35. The van der Waals surface area contributed by atoms with Crippen LogP contribution in [0.25, 0.3) is 17.0 Å². The van der Waals surface area contributed by atoms with Crippen LogP contribution in [0.2, 0.25) is 5.02 Å². The summed E-state index contributed by atoms with van der Waals surface area (Å²) in [6, 6.07) is 22.9. The van der Waals surface area contributed by atoms with Crippen LogP contribution in [0.4, 0.5) is 4.79 Å². The van der Waals surface area contributed by atoms with Crippen molar-refractivity contribution >= 4 is 23.2 Å². The maximum atomic E-state index is 13.3. The van der Waals surface area contributed by atoms with E-state index in [1.807, 2.05) is 75.4 Å². The van der Waals surface area contributed by atoms with Crippen molar-refractivity contribution in [1.82, 2.24) is 20.4 Å². The van der Waals surface area contributed by atoms with Gasteiger partial charge in [-0.15, -0.1) is 0 Å². The van der Waals surface area contributed by atoms with E-state index in [4.69, 9.17) is 21.1 Å². The highest BCUT2D eigenvalue weighted by Crippen LogP contribution is 2.38. The standard InChI is InChI=1S/C28H25ClN4O2/c1-17-10-12-21(13-11-17)25-24(27-31-26(32-35-27)22-8-5-9-23(29)15-22)19(3)33(28(34)30-25)16-20-7-4-6-18(2)14-20/h4-15,25H,16H2,1-3H3,(H,30,34). The molecule has 1 aromatic heterocycles. The van der Waals surface area contributed by atoms with Gasteiger partial charge in [-0.1, -0.05) is 88.5 Å². The number of carbonyl (C=O) groups is 1. The van der Waals surface area contributed by atoms with Crippen LogP contribution in [-0.2, 0) is 6.54 Å². The molecule has 1 aliphatic rings. The van der Waals surface area contributed by atoms with E-state index in [-0.39, 0.29) is 6.03 Å². The Kier molecular flexibility index (Phi) is 6.14. The predicted octanol–water partition coefficient (Wildman–Crippen LogP) is 6.70. The molecule has 1 N–H and O–H groups in total. The predicted molar refractivity (Wildman–Crippen MR) is 137 cm³/mol. The van der Waals surface area contributed by atoms with E-state index >= 15 is 0 Å². The number of amides is 2. The van der Waals surface area contributed by atoms with Gasteiger partial charge in [0.1, 0.15) is 0 Å². The number of aryl methyl sites for hydroxylation is 2. The van der Waals surface area contributed by atoms with Crippen LogP contribution in [0.15, 0.2) is 83.0 Å². The summed E-state index contributed by atoms with van der Waals surface area (Å²) in [4.78, 5) is 19.7. The first-order chi connectivity index (χ1) is 16.9. The monoisotopic (exact) mass is 484 g/mol. The van der Waals surface area contributed by atoms with Gasteiger partial charge in [-0.25, -0.2) is 4.79 Å². The summed E-state index contributed by atoms with van der Waals surface area (Å²) in [7, 11) is 0. The molecule has 0 bridgehead atoms. The summed E-state index contributed by atoms with van der Waals surface area (Å²) in [5, 5.41) is 7.96. The van der Waals surface area contributed by atoms with Crippen molar-refractivity contribution in [3.05, 3.63) is 112 Å². The van der Waals surface area contributed by atoms with E-state index in [0.29, 0.717) is 23.3 Å². The van der Waals surface area contributed by atoms with Crippen molar-refractivity contribution in [1.29, 1.82) is 0 Å². The summed E-state index contributed by atoms with van der Waals surface area (Å²) >= 11 is 6.16. The van der Waals surface area contributed by atoms with Crippen LogP contribution in [0, 0.1) is 13.8 Å². The largest absolute Gasteiger partial charge is 0.334 e. The third-order valence-corrected chi connectivity index (χ3v) is 6.40. The zero-order valence-corrected chi connectivity index (χ0v) is 20.5. The molecular weight excluding hydrogens is 460 g/mol. The van der Waals surface area contributed by atoms with Crippen molar-refractivity contribution in [2.24, 2.45) is 0 Å². The number of nitrogens with zero attached hydrogens (tertiary/aromatic N) is 3. The van der Waals surface area contributed by atoms with Crippen molar-refractivity contribution < 1.29 is 9.32 Å². The quantitative estimate of drug-likeness (QED) is 0.342. The van der Waals surface area contributed by atoms with Gasteiger partial charge in [-0.3, -0.25) is 4.90 Å². The van der Waals surface area contributed by atoms with E-state index in [2.05, 4.69) is 16.5 Å². The highest BCUT2D eigenvalue weighted by molar-refractivity contribution is 6.30. The maximum Gasteiger partial charge on any atom is 0.322 e. The molecule has 1 atom stereocenters. The molecule has 35 heavy (non-hydrogen) atoms. The molecule has 7 heteroatoms. The SMILES string of the molecule is CC1=C(c2nc(-c3cccc(Cl)c3)no2)C(c2ccc(C)cc2)NC(=O)N1Cc1cccc(C)c1. The van der Waals surface area contributed by atoms with E-state index in [1.54, 1.807) is 17.0 Å². The number of benzene rings is 3. The first-order valence-corrected chi connectivity index (χ1v) is 11.8. The van der Waals surface area contributed by atoms with Crippen molar-refractivity contribution in [2.75, 3.05) is 0 Å². The fourth-order valence-electron chi connectivity index (χ4n) is 4.33. The number of halogens is 1. The van der Waals surface area contributed by atoms with Crippen molar-refractivity contribution in [2.45, 2.75) is 33.4 Å². The molecule has 0 saturated carbocycles. The Labute approximate surface area is 209 Å². The summed E-state index contributed by atoms with van der Waals surface area (Å²) in [6.45, 7) is 6.42. The van der Waals surface area contributed by atoms with Gasteiger partial charge >= 0.3 is 6.03 Å². The van der Waals surface area contributed by atoms with Gasteiger partial charge in [0.05, 0.1) is 18.2 Å². The van der Waals surface area contributed by atoms with Crippen molar-refractivity contribution in [3.8, 4) is 11.4 Å². The molecule has 0 radical (unpaired) electrons. The molecule has 0 aliphatic carbocycles. The van der Waals surface area contributed by atoms with E-state index in [0.717, 1.165) is 39.1 Å². The Morgan fingerprint density at radius 1 is 0.971 bits per heavy atom. The first-order valence-electron chi connectivity index (χ1n) is 11.4. The second kappa shape index (κ2) is 9.39. The van der Waals surface area contributed by atoms with Crippen LogP contribution in [0.5, 0.6) is 0 Å². The minimum Gasteiger partial charge on any atom is -0.334 e. The van der Waals surface area contributed by atoms with Crippen LogP contribution in [-0.4, -0.2) is 21.1 Å². The topological polar surface area (TPSA) is 71.3 Å². The Hall–Kier alpha value is -3.90. The first kappa shape index (κ1) is 22.9. The number of nitrogens with one attached hydrogen (secondary N) is 1. The molecule has 176 valence electrons. The number of hydrogen-bond acceptors (Lipinski definition) is 4. The summed E-state index contributed by atoms with van der Waals surface area (Å²) in [5.74, 6) is 0.796. The zero-order valence-electron chi connectivity index (χ0n) is 19.7. The number of rotatable bonds is 5. The van der Waals surface area contributed by atoms with Gasteiger partial charge in [0, 0.05) is 16.3 Å². The Balaban J connectivity index is 1.60. The normalized spacial score (nSPS) is 15.9. The van der Waals surface area contributed by atoms with Crippen LogP contribution in [0.3, 0.4) is 0 Å². The molecule has 4 aromatic rings. The van der Waals surface area contributed by atoms with Crippen molar-refractivity contribution in [3.63, 3.8) is 0 Å². The molecule has 3 aromatic carbocycles. The van der Waals surface area contributed by atoms with E-state index in [1.165, 1.54) is 0 Å². The third-order valence-electron chi connectivity index (χ3n) is 6.17. The summed E-state index contributed by atoms with van der Waals surface area (Å²) < 4.78 is 5.76. The van der Waals surface area contributed by atoms with Gasteiger partial charge in [-0.2, -0.15) is 4.98 Å². The second-order valence-electron chi connectivity index (χ2n) is 8.80. The maximum absolute atomic E-state index is 13.3. The minimum atomic E-state index is -0.426. The average molecular weight is 485 g/mol. The molecule has 0 spiro atoms.